The molecule has 2 bridgehead atoms. The van der Waals surface area contributed by atoms with E-state index in [9.17, 15) is 29.1 Å². The van der Waals surface area contributed by atoms with Crippen LogP contribution in [-0.4, -0.2) is 106 Å². The maximum Gasteiger partial charge on any atom is 0.343 e. The number of piperidine rings is 2. The molecule has 3 saturated heterocycles. The maximum atomic E-state index is 16.0. The Morgan fingerprint density at radius 2 is 1.70 bits per heavy atom. The molecule has 1 aromatic heterocycles. The normalized spacial score (nSPS) is 34.8. The van der Waals surface area contributed by atoms with Gasteiger partial charge in [-0.3, -0.25) is 19.2 Å². The number of halogens is 1. The number of rotatable bonds is 13. The molecule has 2 aromatic rings. The summed E-state index contributed by atoms with van der Waals surface area (Å²) in [5, 5.41) is 10.6. The van der Waals surface area contributed by atoms with Crippen molar-refractivity contribution in [2.45, 2.75) is 174 Å². The fourth-order valence-electron chi connectivity index (χ4n) is 13.7. The minimum absolute atomic E-state index is 0.0237. The Labute approximate surface area is 400 Å². The smallest absolute Gasteiger partial charge is 0.343 e. The van der Waals surface area contributed by atoms with Crippen molar-refractivity contribution in [3.63, 3.8) is 0 Å². The summed E-state index contributed by atoms with van der Waals surface area (Å²) in [5.41, 5.74) is -1.31. The predicted octanol–water partition coefficient (Wildman–Crippen LogP) is 8.61. The second-order valence-corrected chi connectivity index (χ2v) is 23.3. The van der Waals surface area contributed by atoms with Crippen molar-refractivity contribution >= 4 is 52.0 Å². The van der Waals surface area contributed by atoms with Gasteiger partial charge < -0.3 is 33.7 Å². The van der Waals surface area contributed by atoms with Gasteiger partial charge in [-0.25, -0.2) is 9.18 Å². The van der Waals surface area contributed by atoms with Crippen LogP contribution >= 0.6 is 11.8 Å². The van der Waals surface area contributed by atoms with Crippen LogP contribution in [0.15, 0.2) is 29.7 Å². The molecule has 12 nitrogen and oxygen atoms in total. The van der Waals surface area contributed by atoms with E-state index in [0.717, 1.165) is 24.8 Å². The number of ether oxygens (including phenoxy) is 3. The fourth-order valence-corrected chi connectivity index (χ4v) is 14.8. The molecule has 14 heteroatoms. The number of aromatic nitrogens is 1. The number of hydrogen-bond acceptors (Lipinski definition) is 12. The molecule has 2 saturated carbocycles. The van der Waals surface area contributed by atoms with E-state index in [-0.39, 0.29) is 59.4 Å². The molecule has 8 rings (SSSR count). The summed E-state index contributed by atoms with van der Waals surface area (Å²) in [6.07, 6.45) is 10.0. The largest absolute Gasteiger partial charge is 0.461 e. The van der Waals surface area contributed by atoms with Crippen molar-refractivity contribution in [1.29, 1.82) is 0 Å². The third-order valence-electron chi connectivity index (χ3n) is 18.3. The third-order valence-corrected chi connectivity index (χ3v) is 19.6. The zero-order valence-electron chi connectivity index (χ0n) is 41.1. The van der Waals surface area contributed by atoms with Crippen LogP contribution in [0.5, 0.6) is 0 Å². The lowest BCUT2D eigenvalue weighted by atomic mass is 9.48. The van der Waals surface area contributed by atoms with Gasteiger partial charge in [0.2, 0.25) is 5.43 Å². The highest BCUT2D eigenvalue weighted by molar-refractivity contribution is 8.00. The Hall–Kier alpha value is -3.75. The second-order valence-electron chi connectivity index (χ2n) is 22.0. The number of benzene rings is 1. The average molecular weight is 948 g/mol. The number of thioether (sulfide) groups is 1. The van der Waals surface area contributed by atoms with Crippen LogP contribution in [0.2, 0.25) is 0 Å². The van der Waals surface area contributed by atoms with Gasteiger partial charge in [0, 0.05) is 82.7 Å². The molecular weight excluding hydrogens is 874 g/mol. The fraction of sp³-hybridized carbons (Fsp3) is 0.717. The molecule has 6 aliphatic rings. The van der Waals surface area contributed by atoms with Crippen LogP contribution in [-0.2, 0) is 35.0 Å². The first-order valence-electron chi connectivity index (χ1n) is 25.1. The number of pyridine rings is 1. The lowest BCUT2D eigenvalue weighted by Crippen LogP contribution is -2.60. The Morgan fingerprint density at radius 1 is 1.01 bits per heavy atom. The molecule has 0 radical (unpaired) electrons. The standard InChI is InChI=1S/C53H74FN3O9S/c1-10-30(3)53(8)42(65-44(61)29-67-36-24-33-13-14-34(25-36)55(33)9)27-51(6,11-2)49(32(5)52(7)20-16-41(59)48(52)53)66-43(60)19-23-64-50(63)39-28-57-31(4)12-15-37-45(57)38(47(39)62)26-40(54)46(37)56-21-17-35(58)18-22-56/h11,26,28,30-36,42,48-49,58H,2,10,12-25,27,29H2,1,3-9H3/t30?,31?,32-,33?,34?,36?,42+,48?,49-,51+,52?,53-/m1/s1. The van der Waals surface area contributed by atoms with E-state index in [4.69, 9.17) is 14.2 Å². The number of esters is 3. The molecule has 11 atom stereocenters. The molecule has 1 N–H and O–H groups in total. The highest BCUT2D eigenvalue weighted by Gasteiger charge is 2.65. The molecule has 5 fully saturated rings. The summed E-state index contributed by atoms with van der Waals surface area (Å²) < 4.78 is 36.6. The number of anilines is 1. The van der Waals surface area contributed by atoms with Gasteiger partial charge in [0.05, 0.1) is 29.5 Å². The van der Waals surface area contributed by atoms with Crippen molar-refractivity contribution in [3.05, 3.63) is 52.1 Å². The quantitative estimate of drug-likeness (QED) is 0.117. The van der Waals surface area contributed by atoms with Gasteiger partial charge in [-0.2, -0.15) is 0 Å². The highest BCUT2D eigenvalue weighted by atomic mass is 32.2. The van der Waals surface area contributed by atoms with E-state index >= 15 is 4.39 Å². The van der Waals surface area contributed by atoms with Gasteiger partial charge in [0.1, 0.15) is 36.0 Å². The first kappa shape index (κ1) is 49.7. The molecule has 0 amide bonds. The Kier molecular flexibility index (Phi) is 14.2. The zero-order valence-corrected chi connectivity index (χ0v) is 41.9. The molecule has 5 heterocycles. The van der Waals surface area contributed by atoms with Crippen LogP contribution in [0.25, 0.3) is 10.9 Å². The Balaban J connectivity index is 0.999. The average Bonchev–Trinajstić information content (AvgIpc) is 3.70. The summed E-state index contributed by atoms with van der Waals surface area (Å²) in [5.74, 6) is -2.74. The Morgan fingerprint density at radius 3 is 2.36 bits per heavy atom. The number of Topliss-reactive ketones (excluding diaryl/α,β-unsaturated/α-hetero) is 1. The lowest BCUT2D eigenvalue weighted by Gasteiger charge is -2.58. The predicted molar refractivity (Wildman–Crippen MR) is 259 cm³/mol. The van der Waals surface area contributed by atoms with Crippen LogP contribution in [0.4, 0.5) is 10.1 Å². The van der Waals surface area contributed by atoms with E-state index in [2.05, 4.69) is 53.1 Å². The second kappa shape index (κ2) is 19.2. The minimum atomic E-state index is -0.914. The number of nitrogens with zero attached hydrogens (tertiary/aromatic N) is 3. The van der Waals surface area contributed by atoms with Crippen molar-refractivity contribution < 1.29 is 42.9 Å². The van der Waals surface area contributed by atoms with Crippen molar-refractivity contribution in [2.75, 3.05) is 37.4 Å². The van der Waals surface area contributed by atoms with Crippen molar-refractivity contribution in [2.24, 2.45) is 34.0 Å². The number of carbonyl (C=O) groups is 4. The molecular formula is C53H74FN3O9S. The van der Waals surface area contributed by atoms with Gasteiger partial charge in [-0.05, 0) is 95.6 Å². The van der Waals surface area contributed by atoms with Gasteiger partial charge in [0.25, 0.3) is 0 Å². The number of aliphatic hydroxyl groups is 1. The maximum absolute atomic E-state index is 16.0. The van der Waals surface area contributed by atoms with Gasteiger partial charge in [-0.1, -0.05) is 54.0 Å². The van der Waals surface area contributed by atoms with Crippen molar-refractivity contribution in [1.82, 2.24) is 9.47 Å². The highest BCUT2D eigenvalue weighted by Crippen LogP contribution is 2.63. The minimum Gasteiger partial charge on any atom is -0.461 e. The molecule has 0 spiro atoms. The van der Waals surface area contributed by atoms with Gasteiger partial charge >= 0.3 is 17.9 Å². The van der Waals surface area contributed by atoms with E-state index in [1.54, 1.807) is 17.8 Å². The van der Waals surface area contributed by atoms with E-state index in [0.29, 0.717) is 86.6 Å². The number of aliphatic hydroxyl groups excluding tert-OH is 1. The molecule has 368 valence electrons. The number of carbonyl (C=O) groups excluding carboxylic acids is 4. The van der Waals surface area contributed by atoms with Crippen LogP contribution in [0, 0.1) is 39.8 Å². The van der Waals surface area contributed by atoms with Crippen LogP contribution in [0.1, 0.15) is 147 Å². The third kappa shape index (κ3) is 8.91. The summed E-state index contributed by atoms with van der Waals surface area (Å²) in [6.45, 7) is 19.5. The van der Waals surface area contributed by atoms with E-state index in [1.165, 1.54) is 25.1 Å². The molecule has 4 aliphatic heterocycles. The van der Waals surface area contributed by atoms with Gasteiger partial charge in [-0.15, -0.1) is 18.3 Å². The van der Waals surface area contributed by atoms with E-state index in [1.807, 2.05) is 23.3 Å². The number of hydrogen-bond donors (Lipinski definition) is 1. The zero-order chi connectivity index (χ0) is 48.3. The first-order chi connectivity index (χ1) is 31.7. The number of fused-ring (bicyclic) bond motifs is 3. The molecule has 6 unspecified atom stereocenters. The topological polar surface area (TPSA) is 145 Å². The SMILES string of the molecule is C=C[C@@]1(C)C[C@H](OC(=O)CSC2CC3CCC(C2)N3C)[C@@](C)(C(C)CC)C2C(=O)CCC2(C)[C@H](C)[C@H]1OC(=O)CCOC(=O)c1cn2c3c(c(N4CCC(O)CC4)c(F)cc3c1=O)CCC2C. The molecule has 67 heavy (non-hydrogen) atoms. The number of aryl methyl sites for hydroxylation is 1. The summed E-state index contributed by atoms with van der Waals surface area (Å²) in [6, 6.07) is 2.25. The summed E-state index contributed by atoms with van der Waals surface area (Å²) in [4.78, 5) is 74.5. The van der Waals surface area contributed by atoms with E-state index < -0.39 is 63.7 Å². The summed E-state index contributed by atoms with van der Waals surface area (Å²) >= 11 is 1.69. The first-order valence-corrected chi connectivity index (χ1v) is 26.2. The van der Waals surface area contributed by atoms with Crippen molar-refractivity contribution in [3.8, 4) is 0 Å². The molecule has 1 aromatic carbocycles. The van der Waals surface area contributed by atoms with Crippen LogP contribution < -0.4 is 10.3 Å². The summed E-state index contributed by atoms with van der Waals surface area (Å²) in [7, 11) is 2.21. The van der Waals surface area contributed by atoms with Gasteiger partial charge in [0.15, 0.2) is 0 Å². The molecule has 2 aliphatic carbocycles. The lowest BCUT2D eigenvalue weighted by molar-refractivity contribution is -0.198. The monoisotopic (exact) mass is 948 g/mol. The number of ketones is 1. The van der Waals surface area contributed by atoms with Crippen LogP contribution in [0.3, 0.4) is 0 Å². The Bertz CT molecular complexity index is 2320.